The molecule has 0 fully saturated rings. The Morgan fingerprint density at radius 3 is 2.64 bits per heavy atom. The van der Waals surface area contributed by atoms with E-state index in [4.69, 9.17) is 4.74 Å². The lowest BCUT2D eigenvalue weighted by molar-refractivity contribution is -0.384. The van der Waals surface area contributed by atoms with Gasteiger partial charge in [0.1, 0.15) is 18.1 Å². The van der Waals surface area contributed by atoms with Gasteiger partial charge in [0, 0.05) is 16.7 Å². The van der Waals surface area contributed by atoms with E-state index in [2.05, 4.69) is 0 Å². The summed E-state index contributed by atoms with van der Waals surface area (Å²) in [5.41, 5.74) is -0.0505. The highest BCUT2D eigenvalue weighted by Gasteiger charge is 2.09. The van der Waals surface area contributed by atoms with Crippen LogP contribution in [0, 0.1) is 10.1 Å². The number of nitro benzene ring substituents is 1. The first-order valence-electron chi connectivity index (χ1n) is 6.52. The van der Waals surface area contributed by atoms with Gasteiger partial charge in [-0.05, 0) is 30.3 Å². The Hall–Kier alpha value is -2.25. The number of hydrogen-bond donors (Lipinski definition) is 2. The Morgan fingerprint density at radius 1 is 1.23 bits per heavy atom. The molecule has 7 heteroatoms. The van der Waals surface area contributed by atoms with Gasteiger partial charge in [-0.15, -0.1) is 11.8 Å². The van der Waals surface area contributed by atoms with Crippen LogP contribution in [0.15, 0.2) is 53.4 Å². The molecule has 1 atom stereocenters. The number of ether oxygens (including phenoxy) is 1. The van der Waals surface area contributed by atoms with Crippen molar-refractivity contribution in [3.63, 3.8) is 0 Å². The first-order valence-corrected chi connectivity index (χ1v) is 7.50. The number of hydrogen-bond acceptors (Lipinski definition) is 6. The second-order valence-corrected chi connectivity index (χ2v) is 5.62. The Bertz CT molecular complexity index is 632. The van der Waals surface area contributed by atoms with E-state index in [1.54, 1.807) is 30.3 Å². The van der Waals surface area contributed by atoms with Crippen LogP contribution in [-0.4, -0.2) is 33.6 Å². The molecule has 116 valence electrons. The zero-order valence-corrected chi connectivity index (χ0v) is 12.4. The average Bonchev–Trinajstić information content (AvgIpc) is 2.52. The summed E-state index contributed by atoms with van der Waals surface area (Å²) in [6, 6.07) is 12.5. The van der Waals surface area contributed by atoms with Crippen molar-refractivity contribution in [2.24, 2.45) is 0 Å². The molecule has 0 aliphatic carbocycles. The number of non-ortho nitro benzene ring substituents is 1. The molecular formula is C15H15NO5S. The smallest absolute Gasteiger partial charge is 0.273 e. The molecule has 2 aromatic carbocycles. The van der Waals surface area contributed by atoms with Crippen LogP contribution >= 0.6 is 11.8 Å². The molecular weight excluding hydrogens is 306 g/mol. The minimum absolute atomic E-state index is 0.0479. The highest BCUT2D eigenvalue weighted by Crippen LogP contribution is 2.22. The predicted molar refractivity (Wildman–Crippen MR) is 83.4 cm³/mol. The van der Waals surface area contributed by atoms with Crippen LogP contribution in [0.3, 0.4) is 0 Å². The highest BCUT2D eigenvalue weighted by atomic mass is 32.2. The van der Waals surface area contributed by atoms with Gasteiger partial charge in [0.25, 0.3) is 5.69 Å². The first kappa shape index (κ1) is 16.1. The summed E-state index contributed by atoms with van der Waals surface area (Å²) in [6.07, 6.45) is -0.710. The average molecular weight is 321 g/mol. The maximum atomic E-state index is 10.7. The Morgan fingerprint density at radius 2 is 1.95 bits per heavy atom. The molecule has 22 heavy (non-hydrogen) atoms. The molecule has 0 saturated carbocycles. The van der Waals surface area contributed by atoms with Crippen molar-refractivity contribution >= 4 is 17.4 Å². The van der Waals surface area contributed by atoms with E-state index >= 15 is 0 Å². The van der Waals surface area contributed by atoms with E-state index in [0.29, 0.717) is 11.5 Å². The SMILES string of the molecule is O=[N+]([O-])c1cccc(OCC(O)CSc2ccc(O)cc2)c1. The number of thioether (sulfide) groups is 1. The van der Waals surface area contributed by atoms with Crippen molar-refractivity contribution in [3.05, 3.63) is 58.6 Å². The fourth-order valence-corrected chi connectivity index (χ4v) is 2.47. The fraction of sp³-hybridized carbons (Fsp3) is 0.200. The lowest BCUT2D eigenvalue weighted by atomic mass is 10.3. The van der Waals surface area contributed by atoms with E-state index in [1.807, 2.05) is 0 Å². The van der Waals surface area contributed by atoms with Gasteiger partial charge < -0.3 is 14.9 Å². The molecule has 0 aromatic heterocycles. The van der Waals surface area contributed by atoms with E-state index in [-0.39, 0.29) is 18.0 Å². The molecule has 0 amide bonds. The van der Waals surface area contributed by atoms with Gasteiger partial charge in [-0.25, -0.2) is 0 Å². The van der Waals surface area contributed by atoms with Crippen LogP contribution in [0.5, 0.6) is 11.5 Å². The Balaban J connectivity index is 1.80. The molecule has 0 bridgehead atoms. The largest absolute Gasteiger partial charge is 0.508 e. The summed E-state index contributed by atoms with van der Waals surface area (Å²) in [7, 11) is 0. The maximum absolute atomic E-state index is 10.7. The molecule has 0 saturated heterocycles. The second kappa shape index (κ2) is 7.67. The zero-order chi connectivity index (χ0) is 15.9. The van der Waals surface area contributed by atoms with Crippen molar-refractivity contribution in [2.75, 3.05) is 12.4 Å². The van der Waals surface area contributed by atoms with Crippen LogP contribution in [0.25, 0.3) is 0 Å². The minimum atomic E-state index is -0.710. The number of aliphatic hydroxyl groups excluding tert-OH is 1. The number of nitrogens with zero attached hydrogens (tertiary/aromatic N) is 1. The number of rotatable bonds is 7. The lowest BCUT2D eigenvalue weighted by Gasteiger charge is -2.12. The van der Waals surface area contributed by atoms with Crippen LogP contribution in [-0.2, 0) is 0 Å². The number of nitro groups is 1. The quantitative estimate of drug-likeness (QED) is 0.463. The Labute approximate surface area is 131 Å². The fourth-order valence-electron chi connectivity index (χ4n) is 1.66. The molecule has 0 radical (unpaired) electrons. The second-order valence-electron chi connectivity index (χ2n) is 4.52. The number of phenols is 1. The van der Waals surface area contributed by atoms with Crippen molar-refractivity contribution in [1.82, 2.24) is 0 Å². The molecule has 1 unspecified atom stereocenters. The normalized spacial score (nSPS) is 11.9. The monoisotopic (exact) mass is 321 g/mol. The minimum Gasteiger partial charge on any atom is -0.508 e. The third-order valence-corrected chi connectivity index (χ3v) is 3.91. The van der Waals surface area contributed by atoms with Gasteiger partial charge in [0.05, 0.1) is 17.1 Å². The van der Waals surface area contributed by atoms with Gasteiger partial charge in [-0.3, -0.25) is 10.1 Å². The first-order chi connectivity index (χ1) is 10.5. The summed E-state index contributed by atoms with van der Waals surface area (Å²) in [4.78, 5) is 11.1. The lowest BCUT2D eigenvalue weighted by Crippen LogP contribution is -2.20. The summed E-state index contributed by atoms with van der Waals surface area (Å²) >= 11 is 1.43. The van der Waals surface area contributed by atoms with Gasteiger partial charge in [0.15, 0.2) is 0 Å². The molecule has 2 N–H and O–H groups in total. The van der Waals surface area contributed by atoms with E-state index in [0.717, 1.165) is 4.90 Å². The van der Waals surface area contributed by atoms with E-state index in [9.17, 15) is 20.3 Å². The van der Waals surface area contributed by atoms with E-state index < -0.39 is 11.0 Å². The number of aliphatic hydroxyl groups is 1. The number of aromatic hydroxyl groups is 1. The van der Waals surface area contributed by atoms with Crippen LogP contribution in [0.2, 0.25) is 0 Å². The summed E-state index contributed by atoms with van der Waals surface area (Å²) < 4.78 is 5.36. The molecule has 0 aliphatic rings. The van der Waals surface area contributed by atoms with Crippen LogP contribution < -0.4 is 4.74 Å². The number of benzene rings is 2. The Kier molecular flexibility index (Phi) is 5.62. The summed E-state index contributed by atoms with van der Waals surface area (Å²) in [5, 5.41) is 29.7. The van der Waals surface area contributed by atoms with Gasteiger partial charge in [-0.2, -0.15) is 0 Å². The highest BCUT2D eigenvalue weighted by molar-refractivity contribution is 7.99. The maximum Gasteiger partial charge on any atom is 0.273 e. The van der Waals surface area contributed by atoms with E-state index in [1.165, 1.54) is 30.0 Å². The third-order valence-electron chi connectivity index (χ3n) is 2.75. The van der Waals surface area contributed by atoms with Crippen LogP contribution in [0.1, 0.15) is 0 Å². The zero-order valence-electron chi connectivity index (χ0n) is 11.6. The van der Waals surface area contributed by atoms with Gasteiger partial charge in [0.2, 0.25) is 0 Å². The van der Waals surface area contributed by atoms with Crippen molar-refractivity contribution in [2.45, 2.75) is 11.0 Å². The molecule has 0 heterocycles. The van der Waals surface area contributed by atoms with Crippen molar-refractivity contribution in [3.8, 4) is 11.5 Å². The summed E-state index contributed by atoms with van der Waals surface area (Å²) in [5.74, 6) is 0.960. The van der Waals surface area contributed by atoms with Crippen molar-refractivity contribution < 1.29 is 19.9 Å². The van der Waals surface area contributed by atoms with Gasteiger partial charge in [-0.1, -0.05) is 6.07 Å². The molecule has 2 aromatic rings. The topological polar surface area (TPSA) is 92.8 Å². The third kappa shape index (κ3) is 4.94. The van der Waals surface area contributed by atoms with Crippen LogP contribution in [0.4, 0.5) is 5.69 Å². The summed E-state index contributed by atoms with van der Waals surface area (Å²) in [6.45, 7) is 0.0479. The molecule has 6 nitrogen and oxygen atoms in total. The van der Waals surface area contributed by atoms with Gasteiger partial charge >= 0.3 is 0 Å². The molecule has 0 aliphatic heterocycles. The van der Waals surface area contributed by atoms with Crippen molar-refractivity contribution in [1.29, 1.82) is 0 Å². The predicted octanol–water partition coefficient (Wildman–Crippen LogP) is 2.83. The molecule has 0 spiro atoms. The molecule has 2 rings (SSSR count). The standard InChI is InChI=1S/C15H15NO5S/c17-12-4-6-15(7-5-12)22-10-13(18)9-21-14-3-1-2-11(8-14)16(19)20/h1-8,13,17-18H,9-10H2. The number of phenolic OH excluding ortho intramolecular Hbond substituents is 1.